The van der Waals surface area contributed by atoms with Gasteiger partial charge in [0, 0.05) is 28.0 Å². The molecule has 14 rings (SSSR count). The molecule has 3 heteroatoms. The lowest BCUT2D eigenvalue weighted by molar-refractivity contribution is 1.05. The minimum absolute atomic E-state index is 0.665. The molecule has 0 bridgehead atoms. The lowest BCUT2D eigenvalue weighted by atomic mass is 9.90. The molecule has 2 aromatic heterocycles. The smallest absolute Gasteiger partial charge is 0.162 e. The summed E-state index contributed by atoms with van der Waals surface area (Å²) in [6, 6.07) is 94.3. The van der Waals surface area contributed by atoms with Crippen molar-refractivity contribution in [3.8, 4) is 73.0 Å². The zero-order valence-corrected chi connectivity index (χ0v) is 38.7. The highest BCUT2D eigenvalue weighted by Crippen LogP contribution is 2.44. The standard InChI is InChI=1S/C68H43N3/c1-4-15-44(16-5-1)47-27-31-50(32-28-47)64-43-67(70-68(69-64)51-33-29-48(30-34-51)45-17-6-2-7-18-45)71-65-38-36-52(46-19-8-3-9-20-46)39-62(65)63-41-60-57-25-13-12-24-56(57)59-40-53(35-37-58(59)61(60)42-66(63)71)55-26-14-22-49-21-10-11-23-54(49)55/h1-43H. The molecule has 330 valence electrons. The molecule has 0 aliphatic rings. The van der Waals surface area contributed by atoms with Crippen molar-refractivity contribution in [1.29, 1.82) is 0 Å². The third-order valence-electron chi connectivity index (χ3n) is 14.4. The summed E-state index contributed by atoms with van der Waals surface area (Å²) >= 11 is 0. The van der Waals surface area contributed by atoms with E-state index in [0.29, 0.717) is 5.82 Å². The average molecular weight is 902 g/mol. The lowest BCUT2D eigenvalue weighted by Gasteiger charge is -2.15. The van der Waals surface area contributed by atoms with Gasteiger partial charge in [-0.15, -0.1) is 0 Å². The molecule has 0 fully saturated rings. The first-order valence-electron chi connectivity index (χ1n) is 24.3. The summed E-state index contributed by atoms with van der Waals surface area (Å²) in [5.41, 5.74) is 14.4. The van der Waals surface area contributed by atoms with Crippen LogP contribution in [0.15, 0.2) is 261 Å². The van der Waals surface area contributed by atoms with Gasteiger partial charge >= 0.3 is 0 Å². The molecule has 0 aliphatic carbocycles. The summed E-state index contributed by atoms with van der Waals surface area (Å²) in [4.78, 5) is 10.9. The van der Waals surface area contributed by atoms with Crippen LogP contribution in [0.5, 0.6) is 0 Å². The van der Waals surface area contributed by atoms with Crippen LogP contribution in [0.25, 0.3) is 138 Å². The van der Waals surface area contributed by atoms with Gasteiger partial charge < -0.3 is 0 Å². The highest BCUT2D eigenvalue weighted by atomic mass is 15.1. The third kappa shape index (κ3) is 6.97. The summed E-state index contributed by atoms with van der Waals surface area (Å²) < 4.78 is 2.37. The Morgan fingerprint density at radius 2 is 0.704 bits per heavy atom. The summed E-state index contributed by atoms with van der Waals surface area (Å²) in [6.07, 6.45) is 0. The van der Waals surface area contributed by atoms with Crippen LogP contribution in [0.2, 0.25) is 0 Å². The van der Waals surface area contributed by atoms with E-state index in [9.17, 15) is 0 Å². The van der Waals surface area contributed by atoms with Crippen molar-refractivity contribution in [1.82, 2.24) is 14.5 Å². The molecule has 0 atom stereocenters. The van der Waals surface area contributed by atoms with E-state index in [1.165, 1.54) is 87.2 Å². The number of fused-ring (bicyclic) bond motifs is 10. The number of hydrogen-bond donors (Lipinski definition) is 0. The van der Waals surface area contributed by atoms with Gasteiger partial charge in [-0.05, 0) is 118 Å². The highest BCUT2D eigenvalue weighted by Gasteiger charge is 2.21. The van der Waals surface area contributed by atoms with Crippen LogP contribution in [0.3, 0.4) is 0 Å². The number of nitrogens with zero attached hydrogens (tertiary/aromatic N) is 3. The maximum atomic E-state index is 5.53. The topological polar surface area (TPSA) is 30.7 Å². The van der Waals surface area contributed by atoms with Gasteiger partial charge in [0.15, 0.2) is 5.82 Å². The van der Waals surface area contributed by atoms with Crippen molar-refractivity contribution in [2.45, 2.75) is 0 Å². The first-order valence-corrected chi connectivity index (χ1v) is 24.3. The SMILES string of the molecule is c1ccc(-c2ccc(-c3cc(-n4c5ccc(-c6ccccc6)cc5c5cc6c7ccccc7c7cc(-c8cccc9ccccc89)ccc7c6cc54)nc(-c4ccc(-c5ccccc5)cc4)n3)cc2)cc1. The molecule has 12 aromatic carbocycles. The Balaban J connectivity index is 1.03. The lowest BCUT2D eigenvalue weighted by Crippen LogP contribution is -2.02. The molecule has 14 aromatic rings. The highest BCUT2D eigenvalue weighted by molar-refractivity contribution is 6.29. The van der Waals surface area contributed by atoms with Crippen molar-refractivity contribution in [2.24, 2.45) is 0 Å². The fraction of sp³-hybridized carbons (Fsp3) is 0. The minimum atomic E-state index is 0.665. The van der Waals surface area contributed by atoms with Crippen LogP contribution in [-0.2, 0) is 0 Å². The fourth-order valence-corrected chi connectivity index (χ4v) is 10.9. The van der Waals surface area contributed by atoms with E-state index in [1.807, 2.05) is 0 Å². The van der Waals surface area contributed by atoms with Crippen LogP contribution in [0, 0.1) is 0 Å². The van der Waals surface area contributed by atoms with Crippen molar-refractivity contribution >= 4 is 64.9 Å². The van der Waals surface area contributed by atoms with Gasteiger partial charge in [-0.3, -0.25) is 4.57 Å². The molecule has 0 spiro atoms. The molecule has 0 saturated carbocycles. The van der Waals surface area contributed by atoms with Gasteiger partial charge in [0.1, 0.15) is 5.82 Å². The van der Waals surface area contributed by atoms with Gasteiger partial charge in [0.25, 0.3) is 0 Å². The zero-order chi connectivity index (χ0) is 46.8. The van der Waals surface area contributed by atoms with Gasteiger partial charge in [-0.1, -0.05) is 224 Å². The second kappa shape index (κ2) is 16.7. The van der Waals surface area contributed by atoms with E-state index in [-0.39, 0.29) is 0 Å². The zero-order valence-electron chi connectivity index (χ0n) is 38.7. The molecule has 0 aliphatic heterocycles. The monoisotopic (exact) mass is 901 g/mol. The van der Waals surface area contributed by atoms with E-state index in [1.54, 1.807) is 0 Å². The molecule has 0 unspecified atom stereocenters. The Bertz CT molecular complexity index is 4240. The van der Waals surface area contributed by atoms with Crippen LogP contribution in [0.4, 0.5) is 0 Å². The largest absolute Gasteiger partial charge is 0.294 e. The van der Waals surface area contributed by atoms with E-state index in [4.69, 9.17) is 9.97 Å². The summed E-state index contributed by atoms with van der Waals surface area (Å²) in [7, 11) is 0. The van der Waals surface area contributed by atoms with Gasteiger partial charge in [0.2, 0.25) is 0 Å². The molecule has 2 heterocycles. The Hall–Kier alpha value is -9.44. The molecular formula is C68H43N3. The van der Waals surface area contributed by atoms with E-state index in [2.05, 4.69) is 265 Å². The molecule has 71 heavy (non-hydrogen) atoms. The quantitative estimate of drug-likeness (QED) is 0.149. The van der Waals surface area contributed by atoms with Crippen LogP contribution >= 0.6 is 0 Å². The Morgan fingerprint density at radius 3 is 1.38 bits per heavy atom. The Morgan fingerprint density at radius 1 is 0.239 bits per heavy atom. The van der Waals surface area contributed by atoms with E-state index < -0.39 is 0 Å². The second-order valence-electron chi connectivity index (χ2n) is 18.5. The summed E-state index contributed by atoms with van der Waals surface area (Å²) in [5, 5.41) is 12.2. The summed E-state index contributed by atoms with van der Waals surface area (Å²) in [6.45, 7) is 0. The maximum Gasteiger partial charge on any atom is 0.162 e. The van der Waals surface area contributed by atoms with Gasteiger partial charge in [-0.25, -0.2) is 9.97 Å². The predicted molar refractivity (Wildman–Crippen MR) is 299 cm³/mol. The first kappa shape index (κ1) is 40.6. The molecule has 3 nitrogen and oxygen atoms in total. The maximum absolute atomic E-state index is 5.53. The van der Waals surface area contributed by atoms with Crippen LogP contribution in [-0.4, -0.2) is 14.5 Å². The fourth-order valence-electron chi connectivity index (χ4n) is 10.9. The van der Waals surface area contributed by atoms with Crippen molar-refractivity contribution in [2.75, 3.05) is 0 Å². The Labute approximate surface area is 411 Å². The normalized spacial score (nSPS) is 11.7. The second-order valence-corrected chi connectivity index (χ2v) is 18.5. The molecular weight excluding hydrogens is 859 g/mol. The number of aromatic nitrogens is 3. The van der Waals surface area contributed by atoms with E-state index in [0.717, 1.165) is 44.8 Å². The summed E-state index contributed by atoms with van der Waals surface area (Å²) in [5.74, 6) is 1.47. The van der Waals surface area contributed by atoms with Gasteiger partial charge in [0.05, 0.1) is 16.7 Å². The number of rotatable bonds is 7. The minimum Gasteiger partial charge on any atom is -0.294 e. The third-order valence-corrected chi connectivity index (χ3v) is 14.4. The van der Waals surface area contributed by atoms with Crippen molar-refractivity contribution in [3.05, 3.63) is 261 Å². The van der Waals surface area contributed by atoms with Crippen LogP contribution in [0.1, 0.15) is 0 Å². The van der Waals surface area contributed by atoms with E-state index >= 15 is 0 Å². The Kier molecular flexibility index (Phi) is 9.53. The molecule has 0 amide bonds. The molecule has 0 radical (unpaired) electrons. The molecule has 0 N–H and O–H groups in total. The number of hydrogen-bond acceptors (Lipinski definition) is 2. The van der Waals surface area contributed by atoms with Crippen LogP contribution < -0.4 is 0 Å². The number of benzene rings is 12. The predicted octanol–water partition coefficient (Wildman–Crippen LogP) is 18.2. The van der Waals surface area contributed by atoms with Crippen molar-refractivity contribution < 1.29 is 0 Å². The first-order chi connectivity index (χ1) is 35.2. The average Bonchev–Trinajstić information content (AvgIpc) is 3.78. The van der Waals surface area contributed by atoms with Crippen molar-refractivity contribution in [3.63, 3.8) is 0 Å². The molecule has 0 saturated heterocycles. The van der Waals surface area contributed by atoms with Gasteiger partial charge in [-0.2, -0.15) is 0 Å².